The minimum atomic E-state index is -0.489. The fourth-order valence-electron chi connectivity index (χ4n) is 3.32. The highest BCUT2D eigenvalue weighted by molar-refractivity contribution is 5.95. The molecule has 0 bridgehead atoms. The molecule has 2 aliphatic rings. The SMILES string of the molecule is COc1ccc(CN2C=CC(C(N)=O)=C(NC3CCCC(O)C3)N2)cc1. The summed E-state index contributed by atoms with van der Waals surface area (Å²) in [5, 5.41) is 15.1. The summed E-state index contributed by atoms with van der Waals surface area (Å²) in [6, 6.07) is 7.93. The molecule has 0 spiro atoms. The van der Waals surface area contributed by atoms with Crippen LogP contribution in [-0.4, -0.2) is 35.3 Å². The van der Waals surface area contributed by atoms with E-state index < -0.39 is 5.91 Å². The molecule has 2 unspecified atom stereocenters. The van der Waals surface area contributed by atoms with Crippen LogP contribution in [0.25, 0.3) is 0 Å². The van der Waals surface area contributed by atoms with Gasteiger partial charge in [-0.3, -0.25) is 15.2 Å². The highest BCUT2D eigenvalue weighted by Crippen LogP contribution is 2.21. The number of ether oxygens (including phenoxy) is 1. The highest BCUT2D eigenvalue weighted by Gasteiger charge is 2.24. The van der Waals surface area contributed by atoms with E-state index in [1.54, 1.807) is 19.4 Å². The summed E-state index contributed by atoms with van der Waals surface area (Å²) in [7, 11) is 1.64. The van der Waals surface area contributed by atoms with Crippen molar-refractivity contribution < 1.29 is 14.6 Å². The van der Waals surface area contributed by atoms with Gasteiger partial charge in [-0.2, -0.15) is 0 Å². The lowest BCUT2D eigenvalue weighted by atomic mass is 9.93. The molecular weight excluding hydrogens is 332 g/mol. The molecule has 7 heteroatoms. The van der Waals surface area contributed by atoms with Gasteiger partial charge in [0, 0.05) is 12.2 Å². The number of nitrogens with one attached hydrogen (secondary N) is 2. The van der Waals surface area contributed by atoms with Crippen molar-refractivity contribution >= 4 is 5.91 Å². The number of hydrogen-bond donors (Lipinski definition) is 4. The van der Waals surface area contributed by atoms with Crippen molar-refractivity contribution in [1.29, 1.82) is 0 Å². The predicted molar refractivity (Wildman–Crippen MR) is 98.4 cm³/mol. The molecule has 0 radical (unpaired) electrons. The maximum atomic E-state index is 11.8. The second-order valence-corrected chi connectivity index (χ2v) is 6.72. The zero-order valence-electron chi connectivity index (χ0n) is 14.9. The van der Waals surface area contributed by atoms with Crippen molar-refractivity contribution in [3.63, 3.8) is 0 Å². The van der Waals surface area contributed by atoms with Gasteiger partial charge in [0.2, 0.25) is 0 Å². The van der Waals surface area contributed by atoms with Gasteiger partial charge in [0.1, 0.15) is 11.6 Å². The Morgan fingerprint density at radius 1 is 1.38 bits per heavy atom. The Labute approximate surface area is 153 Å². The number of benzene rings is 1. The Hall–Kier alpha value is -2.67. The third-order valence-corrected chi connectivity index (χ3v) is 4.72. The van der Waals surface area contributed by atoms with Gasteiger partial charge in [0.15, 0.2) is 0 Å². The lowest BCUT2D eigenvalue weighted by Crippen LogP contribution is -2.46. The van der Waals surface area contributed by atoms with Crippen molar-refractivity contribution in [2.45, 2.75) is 44.4 Å². The fourth-order valence-corrected chi connectivity index (χ4v) is 3.32. The molecule has 1 saturated carbocycles. The Kier molecular flexibility index (Phi) is 5.68. The van der Waals surface area contributed by atoms with E-state index in [2.05, 4.69) is 10.7 Å². The first-order chi connectivity index (χ1) is 12.5. The molecule has 2 atom stereocenters. The van der Waals surface area contributed by atoms with E-state index in [4.69, 9.17) is 10.5 Å². The number of aliphatic hydroxyl groups excluding tert-OH is 1. The molecule has 1 aliphatic carbocycles. The number of carbonyl (C=O) groups is 1. The number of hydrazine groups is 1. The molecule has 0 saturated heterocycles. The third-order valence-electron chi connectivity index (χ3n) is 4.72. The average molecular weight is 358 g/mol. The van der Waals surface area contributed by atoms with Crippen LogP contribution in [-0.2, 0) is 11.3 Å². The molecule has 1 aliphatic heterocycles. The van der Waals surface area contributed by atoms with Crippen molar-refractivity contribution in [3.8, 4) is 5.75 Å². The second-order valence-electron chi connectivity index (χ2n) is 6.72. The number of carbonyl (C=O) groups excluding carboxylic acids is 1. The van der Waals surface area contributed by atoms with Crippen LogP contribution >= 0.6 is 0 Å². The topological polar surface area (TPSA) is 99.9 Å². The van der Waals surface area contributed by atoms with E-state index in [0.717, 1.165) is 30.6 Å². The van der Waals surface area contributed by atoms with Crippen LogP contribution in [0.5, 0.6) is 5.75 Å². The quantitative estimate of drug-likeness (QED) is 0.608. The van der Waals surface area contributed by atoms with Crippen LogP contribution in [0, 0.1) is 0 Å². The standard InChI is InChI=1S/C19H26N4O3/c1-26-16-7-5-13(6-8-16)12-23-10-9-17(18(20)25)19(22-23)21-14-3-2-4-15(24)11-14/h5-10,14-15,21-22,24H,2-4,11-12H2,1H3,(H2,20,25). The number of hydrogen-bond acceptors (Lipinski definition) is 6. The number of methoxy groups -OCH3 is 1. The normalized spacial score (nSPS) is 22.8. The molecule has 7 nitrogen and oxygen atoms in total. The van der Waals surface area contributed by atoms with Crippen LogP contribution < -0.4 is 21.2 Å². The van der Waals surface area contributed by atoms with Crippen molar-refractivity contribution in [1.82, 2.24) is 15.8 Å². The van der Waals surface area contributed by atoms with Crippen LogP contribution in [0.4, 0.5) is 0 Å². The summed E-state index contributed by atoms with van der Waals surface area (Å²) < 4.78 is 5.18. The molecule has 3 rings (SSSR count). The Morgan fingerprint density at radius 2 is 2.15 bits per heavy atom. The summed E-state index contributed by atoms with van der Waals surface area (Å²) in [6.07, 6.45) is 6.62. The summed E-state index contributed by atoms with van der Waals surface area (Å²) in [5.74, 6) is 0.911. The number of rotatable bonds is 6. The number of nitrogens with zero attached hydrogens (tertiary/aromatic N) is 1. The highest BCUT2D eigenvalue weighted by atomic mass is 16.5. The minimum absolute atomic E-state index is 0.116. The molecule has 1 aromatic rings. The van der Waals surface area contributed by atoms with Gasteiger partial charge in [-0.15, -0.1) is 0 Å². The van der Waals surface area contributed by atoms with Gasteiger partial charge in [-0.1, -0.05) is 12.1 Å². The van der Waals surface area contributed by atoms with E-state index in [-0.39, 0.29) is 12.1 Å². The number of amides is 1. The molecule has 26 heavy (non-hydrogen) atoms. The maximum Gasteiger partial charge on any atom is 0.252 e. The van der Waals surface area contributed by atoms with Crippen LogP contribution in [0.15, 0.2) is 47.9 Å². The van der Waals surface area contributed by atoms with Crippen molar-refractivity contribution in [3.05, 3.63) is 53.5 Å². The Bertz CT molecular complexity index is 699. The molecule has 1 heterocycles. The first kappa shape index (κ1) is 18.1. The van der Waals surface area contributed by atoms with Crippen molar-refractivity contribution in [2.75, 3.05) is 7.11 Å². The Morgan fingerprint density at radius 3 is 2.81 bits per heavy atom. The lowest BCUT2D eigenvalue weighted by molar-refractivity contribution is -0.114. The molecule has 0 aromatic heterocycles. The van der Waals surface area contributed by atoms with Crippen molar-refractivity contribution in [2.24, 2.45) is 5.73 Å². The third kappa shape index (κ3) is 4.49. The summed E-state index contributed by atoms with van der Waals surface area (Å²) in [6.45, 7) is 0.616. The van der Waals surface area contributed by atoms with E-state index in [1.807, 2.05) is 29.3 Å². The zero-order valence-corrected chi connectivity index (χ0v) is 14.9. The summed E-state index contributed by atoms with van der Waals surface area (Å²) in [4.78, 5) is 11.8. The van der Waals surface area contributed by atoms with Gasteiger partial charge < -0.3 is 20.9 Å². The number of aliphatic hydroxyl groups is 1. The van der Waals surface area contributed by atoms with E-state index in [0.29, 0.717) is 24.4 Å². The molecular formula is C19H26N4O3. The average Bonchev–Trinajstić information content (AvgIpc) is 2.62. The second kappa shape index (κ2) is 8.14. The van der Waals surface area contributed by atoms with E-state index in [9.17, 15) is 9.90 Å². The van der Waals surface area contributed by atoms with Gasteiger partial charge in [-0.25, -0.2) is 0 Å². The largest absolute Gasteiger partial charge is 0.497 e. The molecule has 140 valence electrons. The van der Waals surface area contributed by atoms with Crippen LogP contribution in [0.1, 0.15) is 31.2 Å². The Balaban J connectivity index is 1.68. The first-order valence-electron chi connectivity index (χ1n) is 8.88. The lowest BCUT2D eigenvalue weighted by Gasteiger charge is -2.34. The number of nitrogens with two attached hydrogens (primary N) is 1. The minimum Gasteiger partial charge on any atom is -0.497 e. The number of primary amides is 1. The zero-order chi connectivity index (χ0) is 18.5. The summed E-state index contributed by atoms with van der Waals surface area (Å²) >= 11 is 0. The smallest absolute Gasteiger partial charge is 0.252 e. The van der Waals surface area contributed by atoms with Crippen LogP contribution in [0.2, 0.25) is 0 Å². The first-order valence-corrected chi connectivity index (χ1v) is 8.88. The van der Waals surface area contributed by atoms with Gasteiger partial charge in [0.25, 0.3) is 5.91 Å². The van der Waals surface area contributed by atoms with Gasteiger partial charge >= 0.3 is 0 Å². The molecule has 1 aromatic carbocycles. The van der Waals surface area contributed by atoms with Gasteiger partial charge in [-0.05, 0) is 49.5 Å². The molecule has 1 fully saturated rings. The van der Waals surface area contributed by atoms with E-state index >= 15 is 0 Å². The molecule has 5 N–H and O–H groups in total. The maximum absolute atomic E-state index is 11.8. The van der Waals surface area contributed by atoms with Gasteiger partial charge in [0.05, 0.1) is 25.3 Å². The van der Waals surface area contributed by atoms with E-state index in [1.165, 1.54) is 0 Å². The summed E-state index contributed by atoms with van der Waals surface area (Å²) in [5.41, 5.74) is 10.2. The van der Waals surface area contributed by atoms with Crippen LogP contribution in [0.3, 0.4) is 0 Å². The fraction of sp³-hybridized carbons (Fsp3) is 0.421. The monoisotopic (exact) mass is 358 g/mol. The predicted octanol–water partition coefficient (Wildman–Crippen LogP) is 1.12. The molecule has 1 amide bonds.